The molecule has 1 fully saturated rings. The number of tetrazole rings is 1. The number of carbonyl (C=O) groups excluding carboxylic acids is 2. The summed E-state index contributed by atoms with van der Waals surface area (Å²) in [6.07, 6.45) is -0.0345. The van der Waals surface area contributed by atoms with Gasteiger partial charge < -0.3 is 10.4 Å². The highest BCUT2D eigenvalue weighted by molar-refractivity contribution is 8.01. The van der Waals surface area contributed by atoms with Gasteiger partial charge in [-0.1, -0.05) is 11.8 Å². The Morgan fingerprint density at radius 3 is 2.66 bits per heavy atom. The largest absolute Gasteiger partial charge is 0.477 e. The van der Waals surface area contributed by atoms with Gasteiger partial charge in [-0.05, 0) is 29.0 Å². The van der Waals surface area contributed by atoms with Crippen LogP contribution >= 0.6 is 35.3 Å². The van der Waals surface area contributed by atoms with E-state index in [4.69, 9.17) is 4.55 Å². The zero-order chi connectivity index (χ0) is 26.0. The predicted molar refractivity (Wildman–Crippen MR) is 116 cm³/mol. The number of carbonyl (C=O) groups is 3. The number of carboxylic acid groups (broad SMARTS) is 1. The molecule has 5 N–H and O–H groups in total. The van der Waals surface area contributed by atoms with Crippen LogP contribution in [0.1, 0.15) is 6.42 Å². The van der Waals surface area contributed by atoms with Crippen LogP contribution in [0, 0.1) is 0 Å². The summed E-state index contributed by atoms with van der Waals surface area (Å²) in [7, 11) is -4.52. The minimum Gasteiger partial charge on any atom is -0.477 e. The molecule has 1 saturated heterocycles. The third-order valence-corrected chi connectivity index (χ3v) is 8.33. The first-order valence-corrected chi connectivity index (χ1v) is 13.7. The average Bonchev–Trinajstić information content (AvgIpc) is 3.26. The Bertz CT molecular complexity index is 1120. The number of thioether (sulfide) groups is 3. The van der Waals surface area contributed by atoms with E-state index in [9.17, 15) is 41.1 Å². The monoisotopic (exact) mass is 579 g/mol. The molecule has 0 aliphatic carbocycles. The number of β-lactam (4-membered cyclic amide) rings is 1. The van der Waals surface area contributed by atoms with Gasteiger partial charge in [0.1, 0.15) is 17.1 Å². The highest BCUT2D eigenvalue weighted by atomic mass is 32.2. The fourth-order valence-corrected chi connectivity index (χ4v) is 6.50. The number of nitrogens with one attached hydrogen (secondary N) is 3. The van der Waals surface area contributed by atoms with E-state index in [2.05, 4.69) is 25.9 Å². The normalized spacial score (nSPS) is 21.4. The van der Waals surface area contributed by atoms with Gasteiger partial charge in [-0.25, -0.2) is 4.79 Å². The van der Waals surface area contributed by atoms with Crippen molar-refractivity contribution in [2.75, 3.05) is 18.1 Å². The van der Waals surface area contributed by atoms with Crippen molar-refractivity contribution < 1.29 is 45.6 Å². The standard InChI is InChI=1S/C14H16F3N7O7S4/c15-14(16,17)33-4-7(25)19-8-10(26)24-9(12(27)28)5(3-32-11(8)24)6(1-2-18-35(29,30)31)34-13-20-22-23-21-13/h6,8,11,18H,1-4H2,(H,19,25)(H,27,28)(H,29,30,31)(H,20,21,22,23)/t6?,8?,11-/m0/s1. The molecule has 0 saturated carbocycles. The SMILES string of the molecule is O=C(CSC(F)(F)F)NC1C(=O)N2C(C(=O)O)=C(C(CCNS(=O)(=O)O)Sc3nn[nH]n3)CS[C@@H]12. The van der Waals surface area contributed by atoms with E-state index < -0.39 is 73.5 Å². The number of hydrogen-bond donors (Lipinski definition) is 5. The van der Waals surface area contributed by atoms with Crippen molar-refractivity contribution in [1.29, 1.82) is 0 Å². The molecule has 35 heavy (non-hydrogen) atoms. The molecule has 2 aliphatic heterocycles. The molecule has 0 radical (unpaired) electrons. The van der Waals surface area contributed by atoms with E-state index in [0.29, 0.717) is 0 Å². The Hall–Kier alpha value is -2.07. The van der Waals surface area contributed by atoms with Gasteiger partial charge in [-0.3, -0.25) is 19.0 Å². The van der Waals surface area contributed by atoms with E-state index in [1.807, 2.05) is 4.72 Å². The number of rotatable bonds is 11. The maximum absolute atomic E-state index is 12.7. The molecular formula is C14H16F3N7O7S4. The van der Waals surface area contributed by atoms with Crippen LogP contribution in [0.3, 0.4) is 0 Å². The Morgan fingerprint density at radius 2 is 2.09 bits per heavy atom. The van der Waals surface area contributed by atoms with Crippen molar-refractivity contribution in [2.45, 2.75) is 33.8 Å². The quantitative estimate of drug-likeness (QED) is 0.127. The van der Waals surface area contributed by atoms with E-state index in [1.54, 1.807) is 0 Å². The van der Waals surface area contributed by atoms with Gasteiger partial charge >= 0.3 is 21.8 Å². The first-order chi connectivity index (χ1) is 16.3. The summed E-state index contributed by atoms with van der Waals surface area (Å²) in [6.45, 7) is -0.289. The Labute approximate surface area is 207 Å². The highest BCUT2D eigenvalue weighted by Gasteiger charge is 2.55. The van der Waals surface area contributed by atoms with Crippen molar-refractivity contribution in [2.24, 2.45) is 0 Å². The van der Waals surface area contributed by atoms with Crippen LogP contribution in [0.5, 0.6) is 0 Å². The minimum absolute atomic E-state index is 0.0289. The first kappa shape index (κ1) is 27.5. The number of alkyl halides is 3. The minimum atomic E-state index is -4.63. The van der Waals surface area contributed by atoms with Crippen molar-refractivity contribution >= 4 is 63.4 Å². The third-order valence-electron chi connectivity index (χ3n) is 4.54. The summed E-state index contributed by atoms with van der Waals surface area (Å²) in [4.78, 5) is 37.5. The van der Waals surface area contributed by atoms with Crippen LogP contribution in [0.2, 0.25) is 0 Å². The van der Waals surface area contributed by atoms with Gasteiger partial charge in [0, 0.05) is 17.5 Å². The number of hydrogen-bond acceptors (Lipinski definition) is 11. The number of carboxylic acids is 1. The molecule has 2 amide bonds. The zero-order valence-electron chi connectivity index (χ0n) is 17.1. The summed E-state index contributed by atoms with van der Waals surface area (Å²) in [6, 6.07) is -1.21. The van der Waals surface area contributed by atoms with Crippen LogP contribution in [-0.2, 0) is 24.7 Å². The lowest BCUT2D eigenvalue weighted by Gasteiger charge is -2.50. The van der Waals surface area contributed by atoms with Gasteiger partial charge in [0.25, 0.3) is 5.91 Å². The van der Waals surface area contributed by atoms with Crippen LogP contribution < -0.4 is 10.0 Å². The number of halogens is 3. The van der Waals surface area contributed by atoms with Gasteiger partial charge in [0.15, 0.2) is 0 Å². The molecule has 0 spiro atoms. The smallest absolute Gasteiger partial charge is 0.442 e. The van der Waals surface area contributed by atoms with Crippen LogP contribution in [-0.4, -0.2) is 102 Å². The molecule has 2 unspecified atom stereocenters. The van der Waals surface area contributed by atoms with Crippen LogP contribution in [0.4, 0.5) is 13.2 Å². The highest BCUT2D eigenvalue weighted by Crippen LogP contribution is 2.44. The van der Waals surface area contributed by atoms with E-state index >= 15 is 0 Å². The summed E-state index contributed by atoms with van der Waals surface area (Å²) in [5, 5.41) is 23.6. The first-order valence-electron chi connectivity index (χ1n) is 9.30. The average molecular weight is 580 g/mol. The third kappa shape index (κ3) is 7.22. The molecule has 0 aromatic carbocycles. The molecule has 3 atom stereocenters. The van der Waals surface area contributed by atoms with Crippen molar-refractivity contribution in [3.05, 3.63) is 11.3 Å². The molecule has 3 heterocycles. The molecule has 1 aromatic heterocycles. The van der Waals surface area contributed by atoms with Crippen molar-refractivity contribution in [3.63, 3.8) is 0 Å². The molecule has 0 bridgehead atoms. The van der Waals surface area contributed by atoms with Crippen LogP contribution in [0.25, 0.3) is 0 Å². The molecule has 1 aromatic rings. The summed E-state index contributed by atoms with van der Waals surface area (Å²) >= 11 is 1.45. The molecular weight excluding hydrogens is 563 g/mol. The summed E-state index contributed by atoms with van der Waals surface area (Å²) in [5.74, 6) is -4.25. The fraction of sp³-hybridized carbons (Fsp3) is 0.571. The lowest BCUT2D eigenvalue weighted by atomic mass is 10.0. The second-order valence-electron chi connectivity index (χ2n) is 6.83. The molecule has 21 heteroatoms. The molecule has 3 rings (SSSR count). The second-order valence-corrected chi connectivity index (χ2v) is 11.4. The number of fused-ring (bicyclic) bond motifs is 1. The fourth-order valence-electron chi connectivity index (χ4n) is 3.21. The van der Waals surface area contributed by atoms with Gasteiger partial charge in [0.05, 0.1) is 5.75 Å². The number of aliphatic carboxylic acids is 1. The maximum Gasteiger partial charge on any atom is 0.442 e. The summed E-state index contributed by atoms with van der Waals surface area (Å²) < 4.78 is 69.7. The zero-order valence-corrected chi connectivity index (χ0v) is 20.3. The van der Waals surface area contributed by atoms with E-state index in [-0.39, 0.29) is 29.4 Å². The van der Waals surface area contributed by atoms with Gasteiger partial charge in [0.2, 0.25) is 11.1 Å². The maximum atomic E-state index is 12.7. The molecule has 14 nitrogen and oxygen atoms in total. The number of amides is 2. The van der Waals surface area contributed by atoms with Gasteiger partial charge in [-0.2, -0.15) is 31.5 Å². The number of nitrogens with zero attached hydrogens (tertiary/aromatic N) is 4. The second kappa shape index (κ2) is 10.9. The Kier molecular flexibility index (Phi) is 8.57. The van der Waals surface area contributed by atoms with Crippen molar-refractivity contribution in [1.82, 2.24) is 35.6 Å². The number of aromatic nitrogens is 4. The van der Waals surface area contributed by atoms with Gasteiger partial charge in [-0.15, -0.1) is 22.0 Å². The topological polar surface area (TPSA) is 208 Å². The molecule has 194 valence electrons. The lowest BCUT2D eigenvalue weighted by Crippen LogP contribution is -2.71. The van der Waals surface area contributed by atoms with Crippen LogP contribution in [0.15, 0.2) is 16.4 Å². The predicted octanol–water partition coefficient (Wildman–Crippen LogP) is -0.565. The summed E-state index contributed by atoms with van der Waals surface area (Å²) in [5.41, 5.74) is -4.81. The van der Waals surface area contributed by atoms with Crippen molar-refractivity contribution in [3.8, 4) is 0 Å². The number of H-pyrrole nitrogens is 1. The lowest BCUT2D eigenvalue weighted by molar-refractivity contribution is -0.150. The number of aromatic amines is 1. The molecule has 2 aliphatic rings. The Balaban J connectivity index is 1.79. The Morgan fingerprint density at radius 1 is 1.37 bits per heavy atom. The van der Waals surface area contributed by atoms with E-state index in [0.717, 1.165) is 28.4 Å². The van der Waals surface area contributed by atoms with E-state index in [1.165, 1.54) is 0 Å².